The summed E-state index contributed by atoms with van der Waals surface area (Å²) < 4.78 is 25.3. The molecule has 0 atom stereocenters. The number of carbonyl (C=O) groups excluding carboxylic acids is 1. The molecular formula is C19H28N2O3S. The number of allylic oxidation sites excluding steroid dienone is 1. The third-order valence-electron chi connectivity index (χ3n) is 4.74. The number of nitrogens with one attached hydrogen (secondary N) is 1. The molecule has 0 aliphatic heterocycles. The zero-order valence-corrected chi connectivity index (χ0v) is 16.2. The summed E-state index contributed by atoms with van der Waals surface area (Å²) in [7, 11) is -3.43. The molecule has 5 nitrogen and oxygen atoms in total. The number of hydrogen-bond donors (Lipinski definition) is 1. The maximum absolute atomic E-state index is 12.4. The van der Waals surface area contributed by atoms with Crippen LogP contribution in [0.5, 0.6) is 0 Å². The Bertz CT molecular complexity index is 754. The number of aryl methyl sites for hydroxylation is 1. The van der Waals surface area contributed by atoms with Crippen molar-refractivity contribution in [2.75, 3.05) is 24.7 Å². The zero-order valence-electron chi connectivity index (χ0n) is 15.3. The van der Waals surface area contributed by atoms with E-state index in [-0.39, 0.29) is 12.5 Å². The highest BCUT2D eigenvalue weighted by atomic mass is 32.2. The van der Waals surface area contributed by atoms with Crippen LogP contribution in [-0.2, 0) is 14.8 Å². The number of amides is 1. The maximum Gasteiger partial charge on any atom is 0.239 e. The van der Waals surface area contributed by atoms with Gasteiger partial charge in [-0.15, -0.1) is 0 Å². The molecule has 0 heterocycles. The SMILES string of the molecule is Cc1cccc(NC(=O)CN(CCC2=CCCCC2)S(C)(=O)=O)c1C. The van der Waals surface area contributed by atoms with Crippen LogP contribution in [0.1, 0.15) is 43.2 Å². The number of benzene rings is 1. The van der Waals surface area contributed by atoms with Crippen LogP contribution in [0.15, 0.2) is 29.8 Å². The van der Waals surface area contributed by atoms with Gasteiger partial charge in [0.15, 0.2) is 0 Å². The van der Waals surface area contributed by atoms with Crippen molar-refractivity contribution < 1.29 is 13.2 Å². The number of anilines is 1. The first-order valence-corrected chi connectivity index (χ1v) is 10.6. The molecule has 0 fully saturated rings. The molecule has 1 N–H and O–H groups in total. The summed E-state index contributed by atoms with van der Waals surface area (Å²) in [6, 6.07) is 5.69. The average molecular weight is 365 g/mol. The number of nitrogens with zero attached hydrogens (tertiary/aromatic N) is 1. The molecule has 1 aromatic carbocycles. The zero-order chi connectivity index (χ0) is 18.4. The van der Waals surface area contributed by atoms with Gasteiger partial charge in [0, 0.05) is 12.2 Å². The predicted molar refractivity (Wildman–Crippen MR) is 102 cm³/mol. The first-order valence-electron chi connectivity index (χ1n) is 8.76. The molecule has 138 valence electrons. The standard InChI is InChI=1S/C19H28N2O3S/c1-15-8-7-11-18(16(15)2)20-19(22)14-21(25(3,23)24)13-12-17-9-5-4-6-10-17/h7-9,11H,4-6,10,12-14H2,1-3H3,(H,20,22). The van der Waals surface area contributed by atoms with E-state index in [4.69, 9.17) is 0 Å². The average Bonchev–Trinajstić information content (AvgIpc) is 2.55. The molecule has 0 bridgehead atoms. The van der Waals surface area contributed by atoms with Crippen LogP contribution < -0.4 is 5.32 Å². The Hall–Kier alpha value is -1.66. The van der Waals surface area contributed by atoms with Crippen LogP contribution in [0.2, 0.25) is 0 Å². The van der Waals surface area contributed by atoms with Crippen molar-refractivity contribution in [3.8, 4) is 0 Å². The molecule has 0 saturated heterocycles. The lowest BCUT2D eigenvalue weighted by Crippen LogP contribution is -2.38. The van der Waals surface area contributed by atoms with Gasteiger partial charge in [-0.05, 0) is 63.1 Å². The summed E-state index contributed by atoms with van der Waals surface area (Å²) in [5.41, 5.74) is 4.11. The Labute approximate surface area is 151 Å². The minimum absolute atomic E-state index is 0.153. The second-order valence-corrected chi connectivity index (χ2v) is 8.73. The lowest BCUT2D eigenvalue weighted by Gasteiger charge is -2.21. The van der Waals surface area contributed by atoms with Gasteiger partial charge in [0.1, 0.15) is 0 Å². The molecule has 1 aliphatic carbocycles. The van der Waals surface area contributed by atoms with Crippen molar-refractivity contribution in [2.24, 2.45) is 0 Å². The molecule has 1 amide bonds. The van der Waals surface area contributed by atoms with Crippen LogP contribution in [0.25, 0.3) is 0 Å². The molecule has 0 aromatic heterocycles. The Morgan fingerprint density at radius 1 is 1.24 bits per heavy atom. The van der Waals surface area contributed by atoms with Gasteiger partial charge in [-0.1, -0.05) is 23.8 Å². The fourth-order valence-electron chi connectivity index (χ4n) is 3.00. The first-order chi connectivity index (χ1) is 11.8. The lowest BCUT2D eigenvalue weighted by molar-refractivity contribution is -0.116. The summed E-state index contributed by atoms with van der Waals surface area (Å²) in [5, 5.41) is 2.83. The molecule has 0 unspecified atom stereocenters. The second kappa shape index (κ2) is 8.63. The number of carbonyl (C=O) groups is 1. The number of hydrogen-bond acceptors (Lipinski definition) is 3. The number of sulfonamides is 1. The number of rotatable bonds is 7. The molecule has 2 rings (SSSR count). The molecule has 0 saturated carbocycles. The van der Waals surface area contributed by atoms with Gasteiger partial charge < -0.3 is 5.32 Å². The molecule has 0 radical (unpaired) electrons. The maximum atomic E-state index is 12.4. The van der Waals surface area contributed by atoms with Crippen LogP contribution in [-0.4, -0.2) is 38.0 Å². The third-order valence-corrected chi connectivity index (χ3v) is 5.98. The molecule has 1 aliphatic rings. The first kappa shape index (κ1) is 19.7. The van der Waals surface area contributed by atoms with E-state index in [1.165, 1.54) is 16.3 Å². The Kier molecular flexibility index (Phi) is 6.79. The van der Waals surface area contributed by atoms with Gasteiger partial charge in [0.05, 0.1) is 12.8 Å². The highest BCUT2D eigenvalue weighted by molar-refractivity contribution is 7.88. The van der Waals surface area contributed by atoms with Gasteiger partial charge in [-0.3, -0.25) is 4.79 Å². The van der Waals surface area contributed by atoms with Crippen molar-refractivity contribution >= 4 is 21.6 Å². The van der Waals surface area contributed by atoms with Crippen LogP contribution in [0, 0.1) is 13.8 Å². The Morgan fingerprint density at radius 3 is 2.64 bits per heavy atom. The van der Waals surface area contributed by atoms with Crippen molar-refractivity contribution in [2.45, 2.75) is 46.0 Å². The van der Waals surface area contributed by atoms with E-state index in [1.807, 2.05) is 32.0 Å². The van der Waals surface area contributed by atoms with E-state index >= 15 is 0 Å². The van der Waals surface area contributed by atoms with Gasteiger partial charge >= 0.3 is 0 Å². The molecule has 0 spiro atoms. The van der Waals surface area contributed by atoms with Gasteiger partial charge in [-0.2, -0.15) is 4.31 Å². The molecule has 6 heteroatoms. The van der Waals surface area contributed by atoms with E-state index in [2.05, 4.69) is 11.4 Å². The van der Waals surface area contributed by atoms with Crippen LogP contribution in [0.4, 0.5) is 5.69 Å². The normalized spacial score (nSPS) is 15.1. The smallest absolute Gasteiger partial charge is 0.239 e. The minimum Gasteiger partial charge on any atom is -0.325 e. The van der Waals surface area contributed by atoms with Gasteiger partial charge in [0.25, 0.3) is 0 Å². The van der Waals surface area contributed by atoms with Crippen molar-refractivity contribution in [1.29, 1.82) is 0 Å². The van der Waals surface area contributed by atoms with Crippen LogP contribution in [0.3, 0.4) is 0 Å². The van der Waals surface area contributed by atoms with Crippen molar-refractivity contribution in [1.82, 2.24) is 4.31 Å². The minimum atomic E-state index is -3.43. The van der Waals surface area contributed by atoms with E-state index in [0.717, 1.165) is 42.3 Å². The highest BCUT2D eigenvalue weighted by Crippen LogP contribution is 2.21. The monoisotopic (exact) mass is 364 g/mol. The summed E-state index contributed by atoms with van der Waals surface area (Å²) >= 11 is 0. The van der Waals surface area contributed by atoms with E-state index < -0.39 is 10.0 Å². The Balaban J connectivity index is 2.00. The van der Waals surface area contributed by atoms with Gasteiger partial charge in [-0.25, -0.2) is 8.42 Å². The van der Waals surface area contributed by atoms with E-state index in [1.54, 1.807) is 0 Å². The predicted octanol–water partition coefficient (Wildman–Crippen LogP) is 3.39. The van der Waals surface area contributed by atoms with Crippen molar-refractivity contribution in [3.05, 3.63) is 41.0 Å². The molecule has 25 heavy (non-hydrogen) atoms. The second-order valence-electron chi connectivity index (χ2n) is 6.75. The lowest BCUT2D eigenvalue weighted by atomic mass is 9.97. The summed E-state index contributed by atoms with van der Waals surface area (Å²) in [4.78, 5) is 12.4. The quantitative estimate of drug-likeness (QED) is 0.754. The fourth-order valence-corrected chi connectivity index (χ4v) is 3.77. The van der Waals surface area contributed by atoms with Crippen LogP contribution >= 0.6 is 0 Å². The highest BCUT2D eigenvalue weighted by Gasteiger charge is 2.21. The van der Waals surface area contributed by atoms with Gasteiger partial charge in [0.2, 0.25) is 15.9 Å². The largest absolute Gasteiger partial charge is 0.325 e. The van der Waals surface area contributed by atoms with E-state index in [0.29, 0.717) is 13.0 Å². The van der Waals surface area contributed by atoms with E-state index in [9.17, 15) is 13.2 Å². The fraction of sp³-hybridized carbons (Fsp3) is 0.526. The molecule has 1 aromatic rings. The van der Waals surface area contributed by atoms with Crippen molar-refractivity contribution in [3.63, 3.8) is 0 Å². The summed E-state index contributed by atoms with van der Waals surface area (Å²) in [6.45, 7) is 4.12. The topological polar surface area (TPSA) is 66.5 Å². The Morgan fingerprint density at radius 2 is 2.00 bits per heavy atom. The third kappa shape index (κ3) is 5.97. The summed E-state index contributed by atoms with van der Waals surface area (Å²) in [5.74, 6) is -0.309. The summed E-state index contributed by atoms with van der Waals surface area (Å²) in [6.07, 6.45) is 8.54. The molecular weight excluding hydrogens is 336 g/mol.